The molecule has 0 spiro atoms. The van der Waals surface area contributed by atoms with Crippen LogP contribution >= 0.6 is 15.9 Å². The summed E-state index contributed by atoms with van der Waals surface area (Å²) < 4.78 is 0.856. The molecule has 3 N–H and O–H groups in total. The van der Waals surface area contributed by atoms with Crippen molar-refractivity contribution in [1.82, 2.24) is 10.7 Å². The molecular weight excluding hydrogens is 282 g/mol. The van der Waals surface area contributed by atoms with E-state index in [0.717, 1.165) is 17.4 Å². The molecule has 0 amide bonds. The molecule has 1 aliphatic heterocycles. The summed E-state index contributed by atoms with van der Waals surface area (Å²) in [6, 6.07) is 5.35. The number of benzene rings is 1. The van der Waals surface area contributed by atoms with Crippen LogP contribution in [0.5, 0.6) is 5.75 Å². The van der Waals surface area contributed by atoms with E-state index in [1.54, 1.807) is 12.3 Å². The summed E-state index contributed by atoms with van der Waals surface area (Å²) in [5.41, 5.74) is 3.75. The Morgan fingerprint density at radius 3 is 3.06 bits per heavy atom. The molecule has 1 aliphatic rings. The number of halogens is 1. The Bertz CT molecular complexity index is 403. The van der Waals surface area contributed by atoms with Gasteiger partial charge >= 0.3 is 0 Å². The maximum atomic E-state index is 9.66. The third-order valence-electron chi connectivity index (χ3n) is 2.74. The van der Waals surface area contributed by atoms with E-state index in [2.05, 4.69) is 31.8 Å². The van der Waals surface area contributed by atoms with E-state index in [1.165, 1.54) is 12.8 Å². The number of nitrogens with zero attached hydrogens (tertiary/aromatic N) is 1. The zero-order chi connectivity index (χ0) is 12.1. The van der Waals surface area contributed by atoms with Crippen molar-refractivity contribution in [2.75, 3.05) is 6.54 Å². The van der Waals surface area contributed by atoms with Crippen LogP contribution in [-0.4, -0.2) is 24.0 Å². The van der Waals surface area contributed by atoms with Gasteiger partial charge in [0.1, 0.15) is 5.75 Å². The molecule has 1 aromatic rings. The predicted molar refractivity (Wildman–Crippen MR) is 72.2 cm³/mol. The molecule has 1 fully saturated rings. The molecule has 4 nitrogen and oxygen atoms in total. The molecule has 0 radical (unpaired) electrons. The molecule has 0 aromatic heterocycles. The standard InChI is InChI=1S/C12H16BrN3O/c13-10-5-4-9(11(17)7-10)8-15-16-12-3-1-2-6-14-12/h4-5,7-8,12,14,16-17H,1-3,6H2/b15-8-. The monoisotopic (exact) mass is 297 g/mol. The van der Waals surface area contributed by atoms with Crippen LogP contribution in [0.3, 0.4) is 0 Å². The molecule has 92 valence electrons. The minimum Gasteiger partial charge on any atom is -0.507 e. The normalized spacial score (nSPS) is 20.6. The minimum absolute atomic E-state index is 0.224. The van der Waals surface area contributed by atoms with Crippen molar-refractivity contribution in [1.29, 1.82) is 0 Å². The van der Waals surface area contributed by atoms with Crippen LogP contribution in [0.25, 0.3) is 0 Å². The molecular formula is C12H16BrN3O. The van der Waals surface area contributed by atoms with Crippen LogP contribution in [0.4, 0.5) is 0 Å². The number of aromatic hydroxyl groups is 1. The van der Waals surface area contributed by atoms with Gasteiger partial charge in [0.15, 0.2) is 0 Å². The average Bonchev–Trinajstić information content (AvgIpc) is 2.33. The molecule has 2 rings (SSSR count). The van der Waals surface area contributed by atoms with E-state index in [9.17, 15) is 5.11 Å². The fourth-order valence-electron chi connectivity index (χ4n) is 1.78. The third kappa shape index (κ3) is 3.71. The van der Waals surface area contributed by atoms with E-state index < -0.39 is 0 Å². The summed E-state index contributed by atoms with van der Waals surface area (Å²) in [5, 5.41) is 17.1. The first-order valence-corrected chi connectivity index (χ1v) is 6.55. The molecule has 0 bridgehead atoms. The van der Waals surface area contributed by atoms with Gasteiger partial charge in [-0.2, -0.15) is 5.10 Å². The Hall–Kier alpha value is -1.07. The second-order valence-electron chi connectivity index (χ2n) is 4.09. The number of rotatable bonds is 3. The van der Waals surface area contributed by atoms with E-state index >= 15 is 0 Å². The smallest absolute Gasteiger partial charge is 0.125 e. The van der Waals surface area contributed by atoms with Crippen molar-refractivity contribution in [3.05, 3.63) is 28.2 Å². The summed E-state index contributed by atoms with van der Waals surface area (Å²) >= 11 is 3.30. The lowest BCUT2D eigenvalue weighted by Gasteiger charge is -2.22. The van der Waals surface area contributed by atoms with Crippen molar-refractivity contribution in [2.45, 2.75) is 25.4 Å². The third-order valence-corrected chi connectivity index (χ3v) is 3.23. The molecule has 1 aromatic carbocycles. The predicted octanol–water partition coefficient (Wildman–Crippen LogP) is 2.18. The summed E-state index contributed by atoms with van der Waals surface area (Å²) in [7, 11) is 0. The fourth-order valence-corrected chi connectivity index (χ4v) is 2.13. The van der Waals surface area contributed by atoms with Crippen molar-refractivity contribution in [2.24, 2.45) is 5.10 Å². The quantitative estimate of drug-likeness (QED) is 0.592. The highest BCUT2D eigenvalue weighted by Gasteiger charge is 2.10. The van der Waals surface area contributed by atoms with E-state index in [1.807, 2.05) is 12.1 Å². The Balaban J connectivity index is 1.90. The molecule has 1 saturated heterocycles. The Morgan fingerprint density at radius 1 is 1.47 bits per heavy atom. The number of hydrazone groups is 1. The number of piperidine rings is 1. The molecule has 5 heteroatoms. The lowest BCUT2D eigenvalue weighted by Crippen LogP contribution is -2.42. The second-order valence-corrected chi connectivity index (χ2v) is 5.01. The highest BCUT2D eigenvalue weighted by Crippen LogP contribution is 2.20. The first-order valence-electron chi connectivity index (χ1n) is 5.76. The van der Waals surface area contributed by atoms with Gasteiger partial charge in [0, 0.05) is 10.0 Å². The molecule has 0 saturated carbocycles. The number of nitrogens with one attached hydrogen (secondary N) is 2. The van der Waals surface area contributed by atoms with Crippen LogP contribution in [0.2, 0.25) is 0 Å². The van der Waals surface area contributed by atoms with Crippen LogP contribution < -0.4 is 10.7 Å². The Morgan fingerprint density at radius 2 is 2.35 bits per heavy atom. The summed E-state index contributed by atoms with van der Waals surface area (Å²) in [4.78, 5) is 0. The van der Waals surface area contributed by atoms with Crippen LogP contribution in [0.1, 0.15) is 24.8 Å². The second kappa shape index (κ2) is 6.02. The van der Waals surface area contributed by atoms with Gasteiger partial charge in [-0.3, -0.25) is 10.7 Å². The van der Waals surface area contributed by atoms with Gasteiger partial charge in [-0.05, 0) is 44.0 Å². The zero-order valence-electron chi connectivity index (χ0n) is 9.49. The highest BCUT2D eigenvalue weighted by molar-refractivity contribution is 9.10. The van der Waals surface area contributed by atoms with Gasteiger partial charge in [-0.1, -0.05) is 15.9 Å². The highest BCUT2D eigenvalue weighted by atomic mass is 79.9. The van der Waals surface area contributed by atoms with Crippen molar-refractivity contribution in [3.8, 4) is 5.75 Å². The topological polar surface area (TPSA) is 56.7 Å². The van der Waals surface area contributed by atoms with E-state index in [4.69, 9.17) is 0 Å². The van der Waals surface area contributed by atoms with Gasteiger partial charge in [-0.25, -0.2) is 0 Å². The molecule has 1 atom stereocenters. The van der Waals surface area contributed by atoms with Crippen LogP contribution in [0, 0.1) is 0 Å². The molecule has 1 heterocycles. The molecule has 1 unspecified atom stereocenters. The van der Waals surface area contributed by atoms with Crippen molar-refractivity contribution in [3.63, 3.8) is 0 Å². The van der Waals surface area contributed by atoms with E-state index in [-0.39, 0.29) is 11.9 Å². The van der Waals surface area contributed by atoms with Gasteiger partial charge in [0.25, 0.3) is 0 Å². The van der Waals surface area contributed by atoms with Crippen LogP contribution in [0.15, 0.2) is 27.8 Å². The maximum Gasteiger partial charge on any atom is 0.125 e. The minimum atomic E-state index is 0.224. The Kier molecular flexibility index (Phi) is 4.39. The zero-order valence-corrected chi connectivity index (χ0v) is 11.1. The lowest BCUT2D eigenvalue weighted by atomic mass is 10.1. The first-order chi connectivity index (χ1) is 8.25. The fraction of sp³-hybridized carbons (Fsp3) is 0.417. The van der Waals surface area contributed by atoms with Crippen molar-refractivity contribution >= 4 is 22.1 Å². The number of hydrogen-bond donors (Lipinski definition) is 3. The maximum absolute atomic E-state index is 9.66. The largest absolute Gasteiger partial charge is 0.507 e. The van der Waals surface area contributed by atoms with Gasteiger partial charge < -0.3 is 5.11 Å². The van der Waals surface area contributed by atoms with Crippen LogP contribution in [-0.2, 0) is 0 Å². The summed E-state index contributed by atoms with van der Waals surface area (Å²) in [6.45, 7) is 1.04. The number of hydrogen-bond acceptors (Lipinski definition) is 4. The molecule has 0 aliphatic carbocycles. The number of phenols is 1. The lowest BCUT2D eigenvalue weighted by molar-refractivity contribution is 0.350. The van der Waals surface area contributed by atoms with Gasteiger partial charge in [0.05, 0.1) is 12.4 Å². The van der Waals surface area contributed by atoms with Gasteiger partial charge in [-0.15, -0.1) is 0 Å². The van der Waals surface area contributed by atoms with Crippen molar-refractivity contribution < 1.29 is 5.11 Å². The molecule has 17 heavy (non-hydrogen) atoms. The Labute approximate surface area is 109 Å². The summed E-state index contributed by atoms with van der Waals surface area (Å²) in [5.74, 6) is 0.224. The summed E-state index contributed by atoms with van der Waals surface area (Å²) in [6.07, 6.45) is 5.43. The SMILES string of the molecule is Oc1cc(Br)ccc1/C=N\NC1CCCCN1. The average molecular weight is 298 g/mol. The first kappa shape index (κ1) is 12.4. The van der Waals surface area contributed by atoms with Gasteiger partial charge in [0.2, 0.25) is 0 Å². The van der Waals surface area contributed by atoms with E-state index in [0.29, 0.717) is 5.56 Å². The number of phenolic OH excluding ortho intramolecular Hbond substituents is 1.